The van der Waals surface area contributed by atoms with Gasteiger partial charge in [-0.1, -0.05) is 24.3 Å². The second kappa shape index (κ2) is 9.22. The fraction of sp³-hybridized carbons (Fsp3) is 0.478. The summed E-state index contributed by atoms with van der Waals surface area (Å²) in [5.74, 6) is -2.27. The highest BCUT2D eigenvalue weighted by Gasteiger charge is 2.57. The third-order valence-corrected chi connectivity index (χ3v) is 5.68. The van der Waals surface area contributed by atoms with Crippen molar-refractivity contribution in [1.29, 1.82) is 0 Å². The van der Waals surface area contributed by atoms with Gasteiger partial charge in [0.1, 0.15) is 5.70 Å². The Bertz CT molecular complexity index is 992. The number of rotatable bonds is 7. The van der Waals surface area contributed by atoms with E-state index in [-0.39, 0.29) is 24.2 Å². The van der Waals surface area contributed by atoms with Crippen LogP contribution in [0.2, 0.25) is 0 Å². The highest BCUT2D eigenvalue weighted by atomic mass is 16.7. The van der Waals surface area contributed by atoms with Crippen LogP contribution in [0.3, 0.4) is 0 Å². The van der Waals surface area contributed by atoms with Crippen molar-refractivity contribution in [2.24, 2.45) is 17.1 Å². The molecule has 3 rings (SSSR count). The molecule has 1 aromatic rings. The molecule has 2 heterocycles. The zero-order valence-electron chi connectivity index (χ0n) is 19.1. The molecule has 0 radical (unpaired) electrons. The fourth-order valence-corrected chi connectivity index (χ4v) is 3.95. The molecule has 1 aromatic carbocycles. The lowest BCUT2D eigenvalue weighted by molar-refractivity contribution is -0.175. The number of hydrogen-bond donors (Lipinski definition) is 3. The summed E-state index contributed by atoms with van der Waals surface area (Å²) in [6.45, 7) is 6.25. The molecule has 0 unspecified atom stereocenters. The molecule has 1 fully saturated rings. The van der Waals surface area contributed by atoms with Crippen molar-refractivity contribution < 1.29 is 33.8 Å². The molecule has 4 N–H and O–H groups in total. The normalized spacial score (nSPS) is 20.6. The molecule has 3 atom stereocenters. The van der Waals surface area contributed by atoms with E-state index >= 15 is 0 Å². The first-order chi connectivity index (χ1) is 15.4. The van der Waals surface area contributed by atoms with Gasteiger partial charge in [-0.25, -0.2) is 9.59 Å². The third kappa shape index (κ3) is 5.00. The van der Waals surface area contributed by atoms with E-state index in [0.717, 1.165) is 5.56 Å². The molecule has 0 aromatic heterocycles. The van der Waals surface area contributed by atoms with Crippen molar-refractivity contribution >= 4 is 29.5 Å². The summed E-state index contributed by atoms with van der Waals surface area (Å²) in [5, 5.41) is 12.5. The van der Waals surface area contributed by atoms with E-state index in [9.17, 15) is 24.3 Å². The molecule has 0 spiro atoms. The van der Waals surface area contributed by atoms with Crippen LogP contribution in [0.25, 0.3) is 5.57 Å². The summed E-state index contributed by atoms with van der Waals surface area (Å²) in [6, 6.07) is 6.10. The predicted molar refractivity (Wildman–Crippen MR) is 117 cm³/mol. The lowest BCUT2D eigenvalue weighted by Crippen LogP contribution is -2.61. The number of nitrogens with zero attached hydrogens (tertiary/aromatic N) is 1. The number of fused-ring (bicyclic) bond motifs is 1. The number of hydrogen-bond acceptors (Lipinski definition) is 7. The first-order valence-corrected chi connectivity index (χ1v) is 10.6. The Labute approximate surface area is 191 Å². The molecule has 2 aliphatic rings. The summed E-state index contributed by atoms with van der Waals surface area (Å²) in [5.41, 5.74) is 6.52. The number of aliphatic hydroxyl groups excluding tert-OH is 1. The van der Waals surface area contributed by atoms with Crippen molar-refractivity contribution in [1.82, 2.24) is 10.2 Å². The number of nitrogens with one attached hydrogen (secondary N) is 1. The largest absolute Gasteiger partial charge is 0.427 e. The number of benzene rings is 1. The van der Waals surface area contributed by atoms with Crippen LogP contribution in [-0.4, -0.2) is 52.8 Å². The number of aliphatic hydroxyl groups is 1. The van der Waals surface area contributed by atoms with Crippen LogP contribution in [0.4, 0.5) is 4.79 Å². The molecule has 178 valence electrons. The van der Waals surface area contributed by atoms with E-state index in [4.69, 9.17) is 15.2 Å². The van der Waals surface area contributed by atoms with Gasteiger partial charge in [0, 0.05) is 6.54 Å². The number of carbonyl (C=O) groups is 4. The molecule has 33 heavy (non-hydrogen) atoms. The number of esters is 2. The molecule has 0 bridgehead atoms. The van der Waals surface area contributed by atoms with Crippen LogP contribution in [0, 0.1) is 11.3 Å². The number of primary amides is 1. The Morgan fingerprint density at radius 2 is 1.85 bits per heavy atom. The first kappa shape index (κ1) is 24.2. The van der Waals surface area contributed by atoms with Crippen molar-refractivity contribution in [3.8, 4) is 0 Å². The van der Waals surface area contributed by atoms with E-state index < -0.39 is 42.2 Å². The van der Waals surface area contributed by atoms with Gasteiger partial charge in [0.15, 0.2) is 0 Å². The summed E-state index contributed by atoms with van der Waals surface area (Å²) in [7, 11) is 0. The van der Waals surface area contributed by atoms with Gasteiger partial charge in [-0.3, -0.25) is 9.59 Å². The number of nitrogens with two attached hydrogens (primary N) is 1. The summed E-state index contributed by atoms with van der Waals surface area (Å²) in [4.78, 5) is 49.8. The molecule has 0 aliphatic carbocycles. The Morgan fingerprint density at radius 3 is 2.39 bits per heavy atom. The van der Waals surface area contributed by atoms with E-state index in [2.05, 4.69) is 5.32 Å². The number of ether oxygens (including phenoxy) is 2. The number of β-lactam (4-membered cyclic amide) rings is 1. The monoisotopic (exact) mass is 459 g/mol. The van der Waals surface area contributed by atoms with Crippen LogP contribution >= 0.6 is 0 Å². The molecule has 1 saturated heterocycles. The standard InChI is InChI=1S/C23H29N3O7/c1-12(27)17-16-9-15(14-7-5-13(6-8-14)10-25-22(24)31)18(26(16)19(17)28)20(29)32-11-33-21(30)23(2,3)4/h5-8,12,16-17,27H,9-11H2,1-4H3,(H3,24,25,31)/t12-,16-,17-/m1/s1. The smallest absolute Gasteiger partial charge is 0.358 e. The van der Waals surface area contributed by atoms with Gasteiger partial charge in [0.25, 0.3) is 0 Å². The Balaban J connectivity index is 1.82. The number of amides is 3. The maximum Gasteiger partial charge on any atom is 0.358 e. The Hall–Kier alpha value is -3.40. The highest BCUT2D eigenvalue weighted by Crippen LogP contribution is 2.47. The molecule has 10 nitrogen and oxygen atoms in total. The zero-order chi connectivity index (χ0) is 24.5. The predicted octanol–water partition coefficient (Wildman–Crippen LogP) is 1.27. The van der Waals surface area contributed by atoms with Crippen molar-refractivity contribution in [3.05, 3.63) is 41.1 Å². The van der Waals surface area contributed by atoms with E-state index in [0.29, 0.717) is 17.6 Å². The SMILES string of the molecule is C[C@@H](O)[C@H]1C(=O)N2C(C(=O)OCOC(=O)C(C)(C)C)=C(c3ccc(CNC(N)=O)cc3)C[C@H]12. The van der Waals surface area contributed by atoms with Crippen molar-refractivity contribution in [3.63, 3.8) is 0 Å². The van der Waals surface area contributed by atoms with Gasteiger partial charge in [-0.15, -0.1) is 0 Å². The summed E-state index contributed by atoms with van der Waals surface area (Å²) < 4.78 is 10.2. The maximum atomic E-state index is 12.9. The average molecular weight is 459 g/mol. The lowest BCUT2D eigenvalue weighted by atomic mass is 9.82. The third-order valence-electron chi connectivity index (χ3n) is 5.68. The van der Waals surface area contributed by atoms with E-state index in [1.54, 1.807) is 52.0 Å². The van der Waals surface area contributed by atoms with Gasteiger partial charge >= 0.3 is 18.0 Å². The molecule has 3 amide bonds. The molecule has 10 heteroatoms. The highest BCUT2D eigenvalue weighted by molar-refractivity contribution is 6.06. The van der Waals surface area contributed by atoms with Gasteiger partial charge in [0.2, 0.25) is 12.7 Å². The second-order valence-electron chi connectivity index (χ2n) is 9.22. The molecular weight excluding hydrogens is 430 g/mol. The summed E-state index contributed by atoms with van der Waals surface area (Å²) >= 11 is 0. The minimum atomic E-state index is -0.856. The second-order valence-corrected chi connectivity index (χ2v) is 9.22. The van der Waals surface area contributed by atoms with Gasteiger partial charge in [0.05, 0.1) is 23.5 Å². The van der Waals surface area contributed by atoms with Gasteiger partial charge < -0.3 is 30.5 Å². The van der Waals surface area contributed by atoms with E-state index in [1.165, 1.54) is 4.90 Å². The quantitative estimate of drug-likeness (QED) is 0.316. The van der Waals surface area contributed by atoms with Crippen LogP contribution in [0.5, 0.6) is 0 Å². The Kier molecular flexibility index (Phi) is 6.78. The van der Waals surface area contributed by atoms with Crippen LogP contribution < -0.4 is 11.1 Å². The summed E-state index contributed by atoms with van der Waals surface area (Å²) in [6.07, 6.45) is -0.489. The molecule has 2 aliphatic heterocycles. The molecular formula is C23H29N3O7. The minimum absolute atomic E-state index is 0.0803. The maximum absolute atomic E-state index is 12.9. The number of urea groups is 1. The lowest BCUT2D eigenvalue weighted by Gasteiger charge is -2.44. The van der Waals surface area contributed by atoms with Crippen molar-refractivity contribution in [2.45, 2.75) is 52.8 Å². The number of carbonyl (C=O) groups excluding carboxylic acids is 4. The molecule has 0 saturated carbocycles. The van der Waals surface area contributed by atoms with E-state index in [1.807, 2.05) is 0 Å². The zero-order valence-corrected chi connectivity index (χ0v) is 19.1. The minimum Gasteiger partial charge on any atom is -0.427 e. The van der Waals surface area contributed by atoms with Crippen LogP contribution in [0.15, 0.2) is 30.0 Å². The van der Waals surface area contributed by atoms with Gasteiger partial charge in [-0.2, -0.15) is 0 Å². The fourth-order valence-electron chi connectivity index (χ4n) is 3.95. The van der Waals surface area contributed by atoms with Crippen molar-refractivity contribution in [2.75, 3.05) is 6.79 Å². The average Bonchev–Trinajstić information content (AvgIpc) is 3.06. The van der Waals surface area contributed by atoms with Gasteiger partial charge in [-0.05, 0) is 50.8 Å². The first-order valence-electron chi connectivity index (χ1n) is 10.6. The van der Waals surface area contributed by atoms with Crippen LogP contribution in [0.1, 0.15) is 45.2 Å². The Morgan fingerprint density at radius 1 is 1.21 bits per heavy atom. The van der Waals surface area contributed by atoms with Crippen LogP contribution in [-0.2, 0) is 30.4 Å². The topological polar surface area (TPSA) is 148 Å².